The molecule has 1 rings (SSSR count). The van der Waals surface area contributed by atoms with E-state index in [0.717, 1.165) is 6.07 Å². The number of aromatic nitrogens is 1. The van der Waals surface area contributed by atoms with Crippen LogP contribution in [0, 0.1) is 0 Å². The monoisotopic (exact) mass is 262 g/mol. The lowest BCUT2D eigenvalue weighted by Crippen LogP contribution is -2.48. The van der Waals surface area contributed by atoms with E-state index in [0.29, 0.717) is 18.3 Å². The van der Waals surface area contributed by atoms with Crippen molar-refractivity contribution >= 4 is 6.47 Å². The van der Waals surface area contributed by atoms with Gasteiger partial charge in [-0.1, -0.05) is 0 Å². The molecule has 0 bridgehead atoms. The van der Waals surface area contributed by atoms with Crippen LogP contribution in [0.4, 0.5) is 8.78 Å². The molecule has 0 aliphatic rings. The minimum Gasteiger partial charge on any atom is -0.491 e. The van der Waals surface area contributed by atoms with Crippen molar-refractivity contribution in [3.63, 3.8) is 0 Å². The summed E-state index contributed by atoms with van der Waals surface area (Å²) in [5, 5.41) is 0. The van der Waals surface area contributed by atoms with E-state index in [9.17, 15) is 13.6 Å². The van der Waals surface area contributed by atoms with Gasteiger partial charge in [0, 0.05) is 24.8 Å². The number of halogens is 2. The molecule has 0 atom stereocenters. The van der Waals surface area contributed by atoms with Gasteiger partial charge in [0.1, 0.15) is 12.4 Å². The fraction of sp³-hybridized carbons (Fsp3) is 0.455. The molecule has 0 unspecified atom stereocenters. The highest BCUT2D eigenvalue weighted by Crippen LogP contribution is 2.26. The van der Waals surface area contributed by atoms with Crippen LogP contribution in [0.15, 0.2) is 18.3 Å². The first-order valence-corrected chi connectivity index (χ1v) is 5.15. The van der Waals surface area contributed by atoms with Crippen LogP contribution in [-0.2, 0) is 15.5 Å². The van der Waals surface area contributed by atoms with Gasteiger partial charge in [-0.3, -0.25) is 0 Å². The summed E-state index contributed by atoms with van der Waals surface area (Å²) in [6, 6.07) is 2.52. The molecular weight excluding hydrogens is 248 g/mol. The van der Waals surface area contributed by atoms with Gasteiger partial charge in [0.25, 0.3) is 0 Å². The van der Waals surface area contributed by atoms with Crippen LogP contribution in [0.3, 0.4) is 0 Å². The predicted octanol–water partition coefficient (Wildman–Crippen LogP) is 0.696. The van der Waals surface area contributed by atoms with E-state index in [1.54, 1.807) is 0 Å². The molecule has 0 aliphatic heterocycles. The number of carbonyl (C=O) groups excluding carboxylic acids is 1. The predicted molar refractivity (Wildman–Crippen MR) is 56.2 cm³/mol. The molecule has 1 aromatic heterocycles. The van der Waals surface area contributed by atoms with Gasteiger partial charge in [-0.25, -0.2) is 4.79 Å². The largest absolute Gasteiger partial charge is 0.491 e. The molecule has 0 spiro atoms. The van der Waals surface area contributed by atoms with E-state index in [-0.39, 0.29) is 18.8 Å². The summed E-state index contributed by atoms with van der Waals surface area (Å²) < 4.78 is 37.3. The van der Waals surface area contributed by atoms with Crippen molar-refractivity contribution in [2.45, 2.75) is 12.8 Å². The minimum atomic E-state index is -3.16. The van der Waals surface area contributed by atoms with Gasteiger partial charge in [0.2, 0.25) is 6.20 Å². The van der Waals surface area contributed by atoms with Gasteiger partial charge in [0.15, 0.2) is 0 Å². The van der Waals surface area contributed by atoms with Gasteiger partial charge in [-0.15, -0.1) is 0 Å². The Kier molecular flexibility index (Phi) is 4.96. The smallest absolute Gasteiger partial charge is 0.369 e. The molecule has 1 aromatic rings. The molecule has 0 saturated carbocycles. The third-order valence-electron chi connectivity index (χ3n) is 2.05. The number of methoxy groups -OCH3 is 1. The standard InChI is InChI=1S/C11H14F2NO4/c1-11(12,13)10-7-9(17-6-5-16-2)3-4-14(10)18-8-15/h3-4,7-8H,5-6H2,1-2H3/q+1. The van der Waals surface area contributed by atoms with Crippen molar-refractivity contribution in [1.29, 1.82) is 0 Å². The zero-order valence-corrected chi connectivity index (χ0v) is 10.1. The number of pyridine rings is 1. The van der Waals surface area contributed by atoms with Crippen molar-refractivity contribution in [2.24, 2.45) is 0 Å². The molecule has 0 radical (unpaired) electrons. The lowest BCUT2D eigenvalue weighted by atomic mass is 10.2. The average Bonchev–Trinajstić information content (AvgIpc) is 2.30. The number of hydrogen-bond acceptors (Lipinski definition) is 4. The summed E-state index contributed by atoms with van der Waals surface area (Å²) in [7, 11) is 1.51. The van der Waals surface area contributed by atoms with Crippen LogP contribution in [0.25, 0.3) is 0 Å². The highest BCUT2D eigenvalue weighted by atomic mass is 19.3. The van der Waals surface area contributed by atoms with E-state index in [1.807, 2.05) is 0 Å². The Morgan fingerprint density at radius 2 is 2.17 bits per heavy atom. The third kappa shape index (κ3) is 3.92. The zero-order valence-electron chi connectivity index (χ0n) is 10.1. The van der Waals surface area contributed by atoms with Gasteiger partial charge < -0.3 is 9.47 Å². The number of ether oxygens (including phenoxy) is 2. The molecule has 0 aliphatic carbocycles. The minimum absolute atomic E-state index is 0.0701. The van der Waals surface area contributed by atoms with Crippen molar-refractivity contribution < 1.29 is 32.6 Å². The van der Waals surface area contributed by atoms with Gasteiger partial charge >= 0.3 is 18.1 Å². The molecule has 5 nitrogen and oxygen atoms in total. The Balaban J connectivity index is 2.94. The van der Waals surface area contributed by atoms with E-state index in [1.165, 1.54) is 19.4 Å². The van der Waals surface area contributed by atoms with Crippen molar-refractivity contribution in [1.82, 2.24) is 0 Å². The van der Waals surface area contributed by atoms with E-state index >= 15 is 0 Å². The second-order valence-electron chi connectivity index (χ2n) is 3.50. The van der Waals surface area contributed by atoms with Crippen LogP contribution in [0.1, 0.15) is 12.6 Å². The lowest BCUT2D eigenvalue weighted by Gasteiger charge is -2.09. The average molecular weight is 262 g/mol. The summed E-state index contributed by atoms with van der Waals surface area (Å²) >= 11 is 0. The molecule has 0 fully saturated rings. The Bertz CT molecular complexity index is 407. The quantitative estimate of drug-likeness (QED) is 0.412. The molecule has 0 amide bonds. The Morgan fingerprint density at radius 1 is 1.44 bits per heavy atom. The van der Waals surface area contributed by atoms with E-state index in [4.69, 9.17) is 9.47 Å². The maximum atomic E-state index is 13.3. The molecule has 0 aromatic carbocycles. The van der Waals surface area contributed by atoms with E-state index in [2.05, 4.69) is 4.84 Å². The first-order valence-electron chi connectivity index (χ1n) is 5.15. The number of hydrogen-bond donors (Lipinski definition) is 0. The molecular formula is C11H14F2NO4+. The van der Waals surface area contributed by atoms with Crippen LogP contribution in [0.2, 0.25) is 0 Å². The lowest BCUT2D eigenvalue weighted by molar-refractivity contribution is -0.876. The fourth-order valence-electron chi connectivity index (χ4n) is 1.26. The van der Waals surface area contributed by atoms with Crippen molar-refractivity contribution in [2.75, 3.05) is 20.3 Å². The second kappa shape index (κ2) is 6.25. The summed E-state index contributed by atoms with van der Waals surface area (Å²) in [5.41, 5.74) is -0.482. The first-order chi connectivity index (χ1) is 8.49. The molecule has 100 valence electrons. The highest BCUT2D eigenvalue weighted by Gasteiger charge is 2.37. The Labute approximate surface area is 103 Å². The fourth-order valence-corrected chi connectivity index (χ4v) is 1.26. The number of alkyl halides is 2. The molecule has 0 saturated heterocycles. The Morgan fingerprint density at radius 3 is 2.72 bits per heavy atom. The molecule has 18 heavy (non-hydrogen) atoms. The molecule has 0 N–H and O–H groups in total. The maximum absolute atomic E-state index is 13.3. The third-order valence-corrected chi connectivity index (χ3v) is 2.05. The van der Waals surface area contributed by atoms with Crippen LogP contribution in [0.5, 0.6) is 5.75 Å². The number of rotatable bonds is 7. The van der Waals surface area contributed by atoms with Gasteiger partial charge in [-0.05, 0) is 0 Å². The zero-order chi connectivity index (χ0) is 13.6. The van der Waals surface area contributed by atoms with Crippen molar-refractivity contribution in [3.8, 4) is 5.75 Å². The van der Waals surface area contributed by atoms with E-state index < -0.39 is 11.6 Å². The summed E-state index contributed by atoms with van der Waals surface area (Å²) in [6.45, 7) is 1.36. The summed E-state index contributed by atoms with van der Waals surface area (Å²) in [5.74, 6) is -2.92. The van der Waals surface area contributed by atoms with Crippen LogP contribution >= 0.6 is 0 Å². The number of carbonyl (C=O) groups is 1. The molecule has 7 heteroatoms. The maximum Gasteiger partial charge on any atom is 0.369 e. The normalized spacial score (nSPS) is 11.1. The topological polar surface area (TPSA) is 48.6 Å². The SMILES string of the molecule is COCCOc1cc[n+](OC=O)c(C(C)(F)F)c1. The summed E-state index contributed by atoms with van der Waals surface area (Å²) in [4.78, 5) is 14.6. The van der Waals surface area contributed by atoms with Crippen LogP contribution < -0.4 is 14.3 Å². The Hall–Kier alpha value is -1.76. The molecule has 1 heterocycles. The van der Waals surface area contributed by atoms with Crippen molar-refractivity contribution in [3.05, 3.63) is 24.0 Å². The number of nitrogens with zero attached hydrogens (tertiary/aromatic N) is 1. The van der Waals surface area contributed by atoms with Crippen LogP contribution in [-0.4, -0.2) is 26.8 Å². The van der Waals surface area contributed by atoms with Gasteiger partial charge in [0.05, 0.1) is 12.7 Å². The van der Waals surface area contributed by atoms with Gasteiger partial charge in [-0.2, -0.15) is 13.6 Å². The second-order valence-corrected chi connectivity index (χ2v) is 3.50. The first kappa shape index (κ1) is 14.3. The highest BCUT2D eigenvalue weighted by molar-refractivity contribution is 5.36. The summed E-state index contributed by atoms with van der Waals surface area (Å²) in [6.07, 6.45) is 1.18.